The Morgan fingerprint density at radius 3 is 2.52 bits per heavy atom. The van der Waals surface area contributed by atoms with E-state index in [9.17, 15) is 4.79 Å². The van der Waals surface area contributed by atoms with E-state index >= 15 is 0 Å². The fraction of sp³-hybridized carbons (Fsp3) is 0.318. The van der Waals surface area contributed by atoms with Gasteiger partial charge in [0, 0.05) is 43.6 Å². The van der Waals surface area contributed by atoms with Gasteiger partial charge < -0.3 is 14.6 Å². The van der Waals surface area contributed by atoms with Gasteiger partial charge >= 0.3 is 0 Å². The fourth-order valence-corrected chi connectivity index (χ4v) is 3.76. The average molecular weight is 363 g/mol. The minimum Gasteiger partial charge on any atom is -0.497 e. The number of aryl methyl sites for hydroxylation is 1. The average Bonchev–Trinajstić information content (AvgIpc) is 3.05. The maximum atomic E-state index is 13.1. The van der Waals surface area contributed by atoms with E-state index in [-0.39, 0.29) is 5.91 Å². The highest BCUT2D eigenvalue weighted by Gasteiger charge is 2.25. The number of benzene rings is 2. The number of methoxy groups -OCH3 is 1. The van der Waals surface area contributed by atoms with Gasteiger partial charge in [0.2, 0.25) is 0 Å². The Morgan fingerprint density at radius 2 is 1.81 bits per heavy atom. The summed E-state index contributed by atoms with van der Waals surface area (Å²) in [4.78, 5) is 20.7. The van der Waals surface area contributed by atoms with Crippen molar-refractivity contribution in [2.45, 2.75) is 13.5 Å². The molecule has 3 aromatic rings. The van der Waals surface area contributed by atoms with Gasteiger partial charge in [-0.25, -0.2) is 0 Å². The molecule has 0 saturated carbocycles. The van der Waals surface area contributed by atoms with Crippen LogP contribution in [0.3, 0.4) is 0 Å². The van der Waals surface area contributed by atoms with Crippen LogP contribution in [0.5, 0.6) is 5.75 Å². The van der Waals surface area contributed by atoms with Crippen molar-refractivity contribution in [1.82, 2.24) is 14.8 Å². The van der Waals surface area contributed by atoms with Gasteiger partial charge in [0.25, 0.3) is 5.91 Å². The summed E-state index contributed by atoms with van der Waals surface area (Å²) in [6.07, 6.45) is 0. The van der Waals surface area contributed by atoms with Crippen LogP contribution in [-0.2, 0) is 6.54 Å². The number of carbonyl (C=O) groups excluding carboxylic acids is 1. The SMILES string of the molecule is COc1ccc2[nH]c(C(=O)N3CCN(Cc4ccccc4)CC3)c(C)c2c1. The van der Waals surface area contributed by atoms with Crippen molar-refractivity contribution in [3.8, 4) is 5.75 Å². The lowest BCUT2D eigenvalue weighted by atomic mass is 10.1. The molecule has 0 radical (unpaired) electrons. The summed E-state index contributed by atoms with van der Waals surface area (Å²) in [6, 6.07) is 16.4. The number of nitrogens with one attached hydrogen (secondary N) is 1. The van der Waals surface area contributed by atoms with Crippen LogP contribution in [0.1, 0.15) is 21.6 Å². The van der Waals surface area contributed by atoms with Gasteiger partial charge in [-0.15, -0.1) is 0 Å². The molecule has 27 heavy (non-hydrogen) atoms. The van der Waals surface area contributed by atoms with E-state index in [1.54, 1.807) is 7.11 Å². The zero-order valence-electron chi connectivity index (χ0n) is 15.9. The molecular weight excluding hydrogens is 338 g/mol. The lowest BCUT2D eigenvalue weighted by Crippen LogP contribution is -2.48. The number of aromatic amines is 1. The van der Waals surface area contributed by atoms with Crippen LogP contribution >= 0.6 is 0 Å². The van der Waals surface area contributed by atoms with Crippen molar-refractivity contribution in [2.75, 3.05) is 33.3 Å². The normalized spacial score (nSPS) is 15.3. The molecule has 1 aromatic heterocycles. The number of amides is 1. The molecule has 0 atom stereocenters. The maximum Gasteiger partial charge on any atom is 0.270 e. The van der Waals surface area contributed by atoms with Crippen molar-refractivity contribution in [3.05, 3.63) is 65.4 Å². The van der Waals surface area contributed by atoms with Gasteiger partial charge in [0.05, 0.1) is 7.11 Å². The van der Waals surface area contributed by atoms with E-state index in [2.05, 4.69) is 34.1 Å². The van der Waals surface area contributed by atoms with E-state index < -0.39 is 0 Å². The summed E-state index contributed by atoms with van der Waals surface area (Å²) in [5.74, 6) is 0.889. The molecule has 0 bridgehead atoms. The van der Waals surface area contributed by atoms with Crippen LogP contribution in [0.15, 0.2) is 48.5 Å². The number of H-pyrrole nitrogens is 1. The summed E-state index contributed by atoms with van der Waals surface area (Å²) in [5.41, 5.74) is 3.97. The lowest BCUT2D eigenvalue weighted by Gasteiger charge is -2.34. The zero-order chi connectivity index (χ0) is 18.8. The second-order valence-corrected chi connectivity index (χ2v) is 7.09. The number of piperazine rings is 1. The van der Waals surface area contributed by atoms with Crippen LogP contribution in [0.4, 0.5) is 0 Å². The summed E-state index contributed by atoms with van der Waals surface area (Å²) in [6.45, 7) is 6.24. The van der Waals surface area contributed by atoms with Crippen LogP contribution in [0.25, 0.3) is 10.9 Å². The third-order valence-electron chi connectivity index (χ3n) is 5.39. The highest BCUT2D eigenvalue weighted by molar-refractivity contribution is 6.01. The molecule has 2 aromatic carbocycles. The third kappa shape index (κ3) is 3.55. The van der Waals surface area contributed by atoms with Gasteiger partial charge in [-0.1, -0.05) is 30.3 Å². The molecule has 5 nitrogen and oxygen atoms in total. The Balaban J connectivity index is 1.45. The third-order valence-corrected chi connectivity index (χ3v) is 5.39. The molecule has 1 aliphatic heterocycles. The first-order valence-electron chi connectivity index (χ1n) is 9.37. The van der Waals surface area contributed by atoms with Gasteiger partial charge in [-0.05, 0) is 36.2 Å². The van der Waals surface area contributed by atoms with Crippen molar-refractivity contribution in [3.63, 3.8) is 0 Å². The summed E-state index contributed by atoms with van der Waals surface area (Å²) < 4.78 is 5.31. The number of ether oxygens (including phenoxy) is 1. The van der Waals surface area contributed by atoms with E-state index in [1.807, 2.05) is 36.1 Å². The smallest absolute Gasteiger partial charge is 0.270 e. The Hall–Kier alpha value is -2.79. The maximum absolute atomic E-state index is 13.1. The lowest BCUT2D eigenvalue weighted by molar-refractivity contribution is 0.0623. The Morgan fingerprint density at radius 1 is 1.07 bits per heavy atom. The molecule has 0 unspecified atom stereocenters. The molecule has 0 aliphatic carbocycles. The minimum atomic E-state index is 0.0852. The molecule has 4 rings (SSSR count). The first-order valence-corrected chi connectivity index (χ1v) is 9.37. The first-order chi connectivity index (χ1) is 13.2. The van der Waals surface area contributed by atoms with Crippen LogP contribution < -0.4 is 4.74 Å². The predicted molar refractivity (Wildman–Crippen MR) is 107 cm³/mol. The number of fused-ring (bicyclic) bond motifs is 1. The largest absolute Gasteiger partial charge is 0.497 e. The van der Waals surface area contributed by atoms with E-state index in [1.165, 1.54) is 5.56 Å². The fourth-order valence-electron chi connectivity index (χ4n) is 3.76. The topological polar surface area (TPSA) is 48.6 Å². The van der Waals surface area contributed by atoms with Crippen LogP contribution in [-0.4, -0.2) is 54.0 Å². The van der Waals surface area contributed by atoms with Crippen molar-refractivity contribution in [1.29, 1.82) is 0 Å². The number of hydrogen-bond donors (Lipinski definition) is 1. The molecule has 1 amide bonds. The highest BCUT2D eigenvalue weighted by Crippen LogP contribution is 2.27. The summed E-state index contributed by atoms with van der Waals surface area (Å²) >= 11 is 0. The second-order valence-electron chi connectivity index (χ2n) is 7.09. The predicted octanol–water partition coefficient (Wildman–Crippen LogP) is 3.44. The number of rotatable bonds is 4. The van der Waals surface area contributed by atoms with Crippen molar-refractivity contribution >= 4 is 16.8 Å². The Bertz CT molecular complexity index is 941. The molecule has 5 heteroatoms. The van der Waals surface area contributed by atoms with Gasteiger partial charge in [0.1, 0.15) is 11.4 Å². The number of carbonyl (C=O) groups is 1. The van der Waals surface area contributed by atoms with Gasteiger partial charge in [-0.3, -0.25) is 9.69 Å². The Labute approximate surface area is 159 Å². The standard InChI is InChI=1S/C22H25N3O2/c1-16-19-14-18(27-2)8-9-20(19)23-21(16)22(26)25-12-10-24(11-13-25)15-17-6-4-3-5-7-17/h3-9,14,23H,10-13,15H2,1-2H3. The number of hydrogen-bond acceptors (Lipinski definition) is 3. The Kier molecular flexibility index (Phi) is 4.86. The van der Waals surface area contributed by atoms with E-state index in [0.717, 1.165) is 54.9 Å². The molecule has 1 aliphatic rings. The minimum absolute atomic E-state index is 0.0852. The summed E-state index contributed by atoms with van der Waals surface area (Å²) in [7, 11) is 1.66. The monoisotopic (exact) mass is 363 g/mol. The van der Waals surface area contributed by atoms with Crippen LogP contribution in [0.2, 0.25) is 0 Å². The first kappa shape index (κ1) is 17.6. The van der Waals surface area contributed by atoms with Gasteiger partial charge in [-0.2, -0.15) is 0 Å². The quantitative estimate of drug-likeness (QED) is 0.772. The molecule has 2 heterocycles. The highest BCUT2D eigenvalue weighted by atomic mass is 16.5. The van der Waals surface area contributed by atoms with E-state index in [0.29, 0.717) is 5.69 Å². The number of nitrogens with zero attached hydrogens (tertiary/aromatic N) is 2. The van der Waals surface area contributed by atoms with Gasteiger partial charge in [0.15, 0.2) is 0 Å². The van der Waals surface area contributed by atoms with Crippen molar-refractivity contribution < 1.29 is 9.53 Å². The second kappa shape index (κ2) is 7.45. The molecule has 140 valence electrons. The zero-order valence-corrected chi connectivity index (χ0v) is 15.9. The molecule has 1 fully saturated rings. The van der Waals surface area contributed by atoms with E-state index in [4.69, 9.17) is 4.74 Å². The molecular formula is C22H25N3O2. The summed E-state index contributed by atoms with van der Waals surface area (Å²) in [5, 5.41) is 1.04. The molecule has 1 saturated heterocycles. The van der Waals surface area contributed by atoms with Crippen molar-refractivity contribution in [2.24, 2.45) is 0 Å². The molecule has 0 spiro atoms. The number of aromatic nitrogens is 1. The van der Waals surface area contributed by atoms with Crippen LogP contribution in [0, 0.1) is 6.92 Å². The molecule has 1 N–H and O–H groups in total.